The molecule has 1 aromatic heterocycles. The standard InChI is InChI=1S/C22H26F3NO6S2/c1-6-30-20(27)17(31-21(3,4)5)15-12(2)11-14-18(16(15)32-34(28,29)22(23,24)25)33-19(26-14)13-9-7-8-10-13/h9,11,17H,6-8,10H2,1-5H3/t17-/m0/s1. The van der Waals surface area contributed by atoms with Crippen LogP contribution in [0, 0.1) is 6.92 Å². The van der Waals surface area contributed by atoms with Crippen LogP contribution in [0.25, 0.3) is 15.8 Å². The van der Waals surface area contributed by atoms with Crippen molar-refractivity contribution in [2.24, 2.45) is 0 Å². The molecule has 0 bridgehead atoms. The molecule has 0 amide bonds. The number of alkyl halides is 3. The van der Waals surface area contributed by atoms with Gasteiger partial charge in [0.25, 0.3) is 0 Å². The lowest BCUT2D eigenvalue weighted by molar-refractivity contribution is -0.167. The van der Waals surface area contributed by atoms with Crippen molar-refractivity contribution < 1.29 is 40.0 Å². The van der Waals surface area contributed by atoms with Gasteiger partial charge in [0.15, 0.2) is 11.9 Å². The average molecular weight is 522 g/mol. The molecule has 1 heterocycles. The molecule has 12 heteroatoms. The minimum atomic E-state index is -6.05. The zero-order valence-corrected chi connectivity index (χ0v) is 21.0. The fraction of sp³-hybridized carbons (Fsp3) is 0.545. The van der Waals surface area contributed by atoms with Crippen molar-refractivity contribution in [1.29, 1.82) is 0 Å². The molecule has 1 aliphatic carbocycles. The van der Waals surface area contributed by atoms with E-state index in [1.807, 2.05) is 6.08 Å². The van der Waals surface area contributed by atoms with Crippen molar-refractivity contribution >= 4 is 43.2 Å². The number of halogens is 3. The average Bonchev–Trinajstić information content (AvgIpc) is 3.34. The number of fused-ring (bicyclic) bond motifs is 1. The summed E-state index contributed by atoms with van der Waals surface area (Å²) >= 11 is 1.01. The minimum Gasteiger partial charge on any atom is -0.464 e. The molecular formula is C22H26F3NO6S2. The molecule has 0 radical (unpaired) electrons. The van der Waals surface area contributed by atoms with E-state index in [0.29, 0.717) is 5.01 Å². The van der Waals surface area contributed by atoms with Crippen LogP contribution in [0.5, 0.6) is 5.75 Å². The number of thiazole rings is 1. The zero-order chi connectivity index (χ0) is 25.5. The summed E-state index contributed by atoms with van der Waals surface area (Å²) in [6.07, 6.45) is 2.99. The summed E-state index contributed by atoms with van der Waals surface area (Å²) in [5, 5.41) is 0.558. The number of allylic oxidation sites excluding steroid dienone is 2. The summed E-state index contributed by atoms with van der Waals surface area (Å²) in [7, 11) is -6.05. The molecule has 1 atom stereocenters. The Kier molecular flexibility index (Phi) is 7.35. The number of aromatic nitrogens is 1. The molecule has 0 unspecified atom stereocenters. The van der Waals surface area contributed by atoms with Gasteiger partial charge < -0.3 is 13.7 Å². The molecule has 7 nitrogen and oxygen atoms in total. The number of benzene rings is 1. The topological polar surface area (TPSA) is 91.8 Å². The van der Waals surface area contributed by atoms with E-state index < -0.39 is 39.1 Å². The van der Waals surface area contributed by atoms with Gasteiger partial charge >= 0.3 is 21.6 Å². The summed E-state index contributed by atoms with van der Waals surface area (Å²) < 4.78 is 79.7. The number of hydrogen-bond donors (Lipinski definition) is 0. The number of carbonyl (C=O) groups is 1. The maximum Gasteiger partial charge on any atom is 0.534 e. The van der Waals surface area contributed by atoms with Gasteiger partial charge in [-0.2, -0.15) is 21.6 Å². The summed E-state index contributed by atoms with van der Waals surface area (Å²) in [5.74, 6) is -1.51. The van der Waals surface area contributed by atoms with Gasteiger partial charge in [-0.05, 0) is 71.1 Å². The Balaban J connectivity index is 2.32. The predicted molar refractivity (Wildman–Crippen MR) is 122 cm³/mol. The molecule has 0 aliphatic heterocycles. The van der Waals surface area contributed by atoms with E-state index >= 15 is 0 Å². The third kappa shape index (κ3) is 5.55. The van der Waals surface area contributed by atoms with E-state index in [1.165, 1.54) is 6.92 Å². The van der Waals surface area contributed by atoms with Gasteiger partial charge in [-0.25, -0.2) is 9.78 Å². The molecule has 0 saturated heterocycles. The van der Waals surface area contributed by atoms with E-state index in [-0.39, 0.29) is 28.0 Å². The smallest absolute Gasteiger partial charge is 0.464 e. The number of carbonyl (C=O) groups excluding carboxylic acids is 1. The molecule has 0 N–H and O–H groups in total. The number of aryl methyl sites for hydroxylation is 1. The molecule has 1 aliphatic rings. The first kappa shape index (κ1) is 26.4. The lowest BCUT2D eigenvalue weighted by Gasteiger charge is -2.28. The van der Waals surface area contributed by atoms with Gasteiger partial charge in [-0.1, -0.05) is 6.08 Å². The Hall–Kier alpha value is -2.18. The lowest BCUT2D eigenvalue weighted by Crippen LogP contribution is -2.31. The van der Waals surface area contributed by atoms with Crippen molar-refractivity contribution in [2.45, 2.75) is 71.1 Å². The van der Waals surface area contributed by atoms with Crippen molar-refractivity contribution in [3.63, 3.8) is 0 Å². The normalized spacial score (nSPS) is 15.9. The fourth-order valence-electron chi connectivity index (χ4n) is 3.54. The SMILES string of the molecule is CCOC(=O)[C@@H](OC(C)(C)C)c1c(C)cc2nc(C3=CCCC3)sc2c1OS(=O)(=O)C(F)(F)F. The predicted octanol–water partition coefficient (Wildman–Crippen LogP) is 5.82. The van der Waals surface area contributed by atoms with Crippen LogP contribution in [0.3, 0.4) is 0 Å². The molecule has 34 heavy (non-hydrogen) atoms. The molecule has 3 rings (SSSR count). The maximum absolute atomic E-state index is 13.3. The summed E-state index contributed by atoms with van der Waals surface area (Å²) in [6.45, 7) is 8.03. The molecule has 188 valence electrons. The maximum atomic E-state index is 13.3. The number of esters is 1. The van der Waals surface area contributed by atoms with Crippen molar-refractivity contribution in [1.82, 2.24) is 4.98 Å². The summed E-state index contributed by atoms with van der Waals surface area (Å²) in [4.78, 5) is 17.3. The molecule has 0 spiro atoms. The molecule has 1 aromatic carbocycles. The van der Waals surface area contributed by atoms with Gasteiger partial charge in [0, 0.05) is 5.56 Å². The first-order valence-corrected chi connectivity index (χ1v) is 12.9. The molecule has 0 saturated carbocycles. The second kappa shape index (κ2) is 9.46. The second-order valence-electron chi connectivity index (χ2n) is 8.77. The van der Waals surface area contributed by atoms with Gasteiger partial charge in [-0.15, -0.1) is 11.3 Å². The van der Waals surface area contributed by atoms with Crippen LogP contribution in [-0.4, -0.2) is 37.1 Å². The van der Waals surface area contributed by atoms with Crippen molar-refractivity contribution in [2.75, 3.05) is 6.61 Å². The van der Waals surface area contributed by atoms with E-state index in [1.54, 1.807) is 33.8 Å². The molecular weight excluding hydrogens is 495 g/mol. The molecule has 0 fully saturated rings. The third-order valence-corrected chi connectivity index (χ3v) is 7.01. The van der Waals surface area contributed by atoms with Crippen molar-refractivity contribution in [3.05, 3.63) is 28.3 Å². The number of hydrogen-bond acceptors (Lipinski definition) is 8. The van der Waals surface area contributed by atoms with Gasteiger partial charge in [0.1, 0.15) is 5.01 Å². The van der Waals surface area contributed by atoms with Gasteiger partial charge in [-0.3, -0.25) is 0 Å². The Labute approximate surface area is 200 Å². The van der Waals surface area contributed by atoms with Crippen LogP contribution in [0.2, 0.25) is 0 Å². The minimum absolute atomic E-state index is 0.0139. The number of ether oxygens (including phenoxy) is 2. The third-order valence-electron chi connectivity index (χ3n) is 4.91. The van der Waals surface area contributed by atoms with E-state index in [4.69, 9.17) is 13.7 Å². The highest BCUT2D eigenvalue weighted by atomic mass is 32.2. The zero-order valence-electron chi connectivity index (χ0n) is 19.4. The van der Waals surface area contributed by atoms with E-state index in [9.17, 15) is 26.4 Å². The highest BCUT2D eigenvalue weighted by Gasteiger charge is 2.50. The van der Waals surface area contributed by atoms with E-state index in [0.717, 1.165) is 36.2 Å². The quantitative estimate of drug-likeness (QED) is 0.258. The Morgan fingerprint density at radius 3 is 2.47 bits per heavy atom. The van der Waals surface area contributed by atoms with Crippen LogP contribution in [0.4, 0.5) is 13.2 Å². The summed E-state index contributed by atoms with van der Waals surface area (Å²) in [5.41, 5.74) is -5.28. The Morgan fingerprint density at radius 2 is 1.94 bits per heavy atom. The summed E-state index contributed by atoms with van der Waals surface area (Å²) in [6, 6.07) is 1.57. The lowest BCUT2D eigenvalue weighted by atomic mass is 10.00. The Morgan fingerprint density at radius 1 is 1.26 bits per heavy atom. The van der Waals surface area contributed by atoms with Crippen LogP contribution >= 0.6 is 11.3 Å². The monoisotopic (exact) mass is 521 g/mol. The fourth-order valence-corrected chi connectivity index (χ4v) is 5.19. The first-order chi connectivity index (χ1) is 15.6. The van der Waals surface area contributed by atoms with Gasteiger partial charge in [0.2, 0.25) is 0 Å². The van der Waals surface area contributed by atoms with Crippen LogP contribution in [-0.2, 0) is 24.4 Å². The van der Waals surface area contributed by atoms with E-state index in [2.05, 4.69) is 4.98 Å². The van der Waals surface area contributed by atoms with Crippen molar-refractivity contribution in [3.8, 4) is 5.75 Å². The molecule has 2 aromatic rings. The number of rotatable bonds is 7. The second-order valence-corrected chi connectivity index (χ2v) is 11.3. The first-order valence-electron chi connectivity index (χ1n) is 10.6. The van der Waals surface area contributed by atoms with Crippen LogP contribution < -0.4 is 4.18 Å². The van der Waals surface area contributed by atoms with Gasteiger partial charge in [0.05, 0.1) is 22.4 Å². The Bertz CT molecular complexity index is 1230. The highest BCUT2D eigenvalue weighted by molar-refractivity contribution is 7.88. The largest absolute Gasteiger partial charge is 0.534 e. The van der Waals surface area contributed by atoms with Crippen LogP contribution in [0.1, 0.15) is 69.2 Å². The van der Waals surface area contributed by atoms with Crippen LogP contribution in [0.15, 0.2) is 12.1 Å². The number of nitrogens with zero attached hydrogens (tertiary/aromatic N) is 1. The highest BCUT2D eigenvalue weighted by Crippen LogP contribution is 2.45.